The molecule has 2 atom stereocenters. The normalized spacial score (nSPS) is 13.3. The largest absolute Gasteiger partial charge is 0.350 e. The summed E-state index contributed by atoms with van der Waals surface area (Å²) >= 11 is 0. The van der Waals surface area contributed by atoms with E-state index < -0.39 is 6.04 Å². The summed E-state index contributed by atoms with van der Waals surface area (Å²) in [6.45, 7) is 4.56. The minimum absolute atomic E-state index is 0.123. The Morgan fingerprint density at radius 1 is 1.10 bits per heavy atom. The topological polar surface area (TPSA) is 70.2 Å². The lowest BCUT2D eigenvalue weighted by atomic mass is 10.1. The van der Waals surface area contributed by atoms with E-state index in [0.717, 1.165) is 5.56 Å². The zero-order valence-corrected chi connectivity index (χ0v) is 12.3. The van der Waals surface area contributed by atoms with Crippen molar-refractivity contribution in [3.05, 3.63) is 35.9 Å². The van der Waals surface area contributed by atoms with E-state index in [0.29, 0.717) is 13.1 Å². The second kappa shape index (κ2) is 8.32. The summed E-state index contributed by atoms with van der Waals surface area (Å²) in [5, 5.41) is 8.45. The van der Waals surface area contributed by atoms with Crippen LogP contribution in [0.15, 0.2) is 30.3 Å². The molecule has 0 spiro atoms. The van der Waals surface area contributed by atoms with Gasteiger partial charge in [-0.15, -0.1) is 0 Å². The fraction of sp³-hybridized carbons (Fsp3) is 0.467. The van der Waals surface area contributed by atoms with Gasteiger partial charge < -0.3 is 16.0 Å². The van der Waals surface area contributed by atoms with Crippen molar-refractivity contribution in [3.63, 3.8) is 0 Å². The van der Waals surface area contributed by atoms with Gasteiger partial charge in [0.1, 0.15) is 6.04 Å². The Morgan fingerprint density at radius 3 is 2.35 bits per heavy atom. The van der Waals surface area contributed by atoms with E-state index in [9.17, 15) is 9.59 Å². The lowest BCUT2D eigenvalue weighted by Gasteiger charge is -2.17. The molecule has 20 heavy (non-hydrogen) atoms. The van der Waals surface area contributed by atoms with Crippen LogP contribution in [0.4, 0.5) is 0 Å². The molecule has 110 valence electrons. The van der Waals surface area contributed by atoms with E-state index in [2.05, 4.69) is 16.0 Å². The van der Waals surface area contributed by atoms with Crippen molar-refractivity contribution in [3.8, 4) is 0 Å². The Bertz CT molecular complexity index is 434. The fourth-order valence-electron chi connectivity index (χ4n) is 1.76. The summed E-state index contributed by atoms with van der Waals surface area (Å²) in [6, 6.07) is 9.12. The lowest BCUT2D eigenvalue weighted by molar-refractivity contribution is -0.130. The third-order valence-corrected chi connectivity index (χ3v) is 3.02. The van der Waals surface area contributed by atoms with Gasteiger partial charge in [-0.1, -0.05) is 37.3 Å². The third-order valence-electron chi connectivity index (χ3n) is 3.02. The van der Waals surface area contributed by atoms with Crippen LogP contribution in [0.5, 0.6) is 0 Å². The molecule has 2 unspecified atom stereocenters. The molecular weight excluding hydrogens is 254 g/mol. The Hall–Kier alpha value is -1.88. The van der Waals surface area contributed by atoms with E-state index in [1.807, 2.05) is 37.3 Å². The maximum atomic E-state index is 11.9. The molecule has 1 aromatic carbocycles. The number of rotatable bonds is 7. The molecule has 0 aliphatic heterocycles. The van der Waals surface area contributed by atoms with Crippen molar-refractivity contribution in [1.29, 1.82) is 0 Å². The number of amides is 2. The van der Waals surface area contributed by atoms with Gasteiger partial charge in [0, 0.05) is 19.0 Å². The second-order valence-corrected chi connectivity index (χ2v) is 4.89. The molecule has 0 radical (unpaired) electrons. The molecule has 0 fully saturated rings. The zero-order chi connectivity index (χ0) is 15.0. The number of hydrogen-bond donors (Lipinski definition) is 3. The summed E-state index contributed by atoms with van der Waals surface area (Å²) in [4.78, 5) is 23.7. The van der Waals surface area contributed by atoms with Crippen LogP contribution in [-0.2, 0) is 16.1 Å². The molecule has 0 saturated heterocycles. The first-order valence-electron chi connectivity index (χ1n) is 6.81. The lowest BCUT2D eigenvalue weighted by Crippen LogP contribution is -2.47. The van der Waals surface area contributed by atoms with Gasteiger partial charge in [0.15, 0.2) is 0 Å². The Balaban J connectivity index is 2.37. The van der Waals surface area contributed by atoms with Gasteiger partial charge in [0.05, 0.1) is 0 Å². The molecule has 3 N–H and O–H groups in total. The van der Waals surface area contributed by atoms with Gasteiger partial charge in [-0.05, 0) is 19.5 Å². The van der Waals surface area contributed by atoms with Gasteiger partial charge in [0.2, 0.25) is 11.8 Å². The molecular formula is C15H23N3O2. The molecule has 5 heteroatoms. The van der Waals surface area contributed by atoms with Gasteiger partial charge in [-0.2, -0.15) is 0 Å². The molecule has 0 heterocycles. The van der Waals surface area contributed by atoms with Crippen LogP contribution >= 0.6 is 0 Å². The number of carbonyl (C=O) groups is 2. The first-order valence-corrected chi connectivity index (χ1v) is 6.81. The van der Waals surface area contributed by atoms with Crippen molar-refractivity contribution < 1.29 is 9.59 Å². The van der Waals surface area contributed by atoms with Crippen LogP contribution < -0.4 is 16.0 Å². The van der Waals surface area contributed by atoms with Gasteiger partial charge in [-0.25, -0.2) is 0 Å². The van der Waals surface area contributed by atoms with Crippen molar-refractivity contribution >= 4 is 11.8 Å². The predicted molar refractivity (Wildman–Crippen MR) is 79.0 cm³/mol. The Kier molecular flexibility index (Phi) is 6.73. The highest BCUT2D eigenvalue weighted by Crippen LogP contribution is 1.98. The van der Waals surface area contributed by atoms with Gasteiger partial charge in [-0.3, -0.25) is 9.59 Å². The van der Waals surface area contributed by atoms with Crippen molar-refractivity contribution in [2.24, 2.45) is 5.92 Å². The fourth-order valence-corrected chi connectivity index (χ4v) is 1.76. The van der Waals surface area contributed by atoms with Crippen LogP contribution in [0, 0.1) is 5.92 Å². The minimum Gasteiger partial charge on any atom is -0.350 e. The monoisotopic (exact) mass is 277 g/mol. The average Bonchev–Trinajstić information content (AvgIpc) is 2.45. The standard InChI is InChI=1S/C15H23N3O2/c1-11(9-16-3)14(19)18-12(2)15(20)17-10-13-7-5-4-6-8-13/h4-8,11-12,16H,9-10H2,1-3H3,(H,17,20)(H,18,19). The van der Waals surface area contributed by atoms with E-state index in [4.69, 9.17) is 0 Å². The molecule has 1 aromatic rings. The molecule has 0 aromatic heterocycles. The van der Waals surface area contributed by atoms with E-state index in [1.54, 1.807) is 14.0 Å². The highest BCUT2D eigenvalue weighted by atomic mass is 16.2. The molecule has 0 saturated carbocycles. The molecule has 2 amide bonds. The van der Waals surface area contributed by atoms with Crippen LogP contribution in [-0.4, -0.2) is 31.4 Å². The molecule has 5 nitrogen and oxygen atoms in total. The van der Waals surface area contributed by atoms with Crippen molar-refractivity contribution in [2.75, 3.05) is 13.6 Å². The van der Waals surface area contributed by atoms with Crippen molar-refractivity contribution in [2.45, 2.75) is 26.4 Å². The number of carbonyl (C=O) groups excluding carboxylic acids is 2. The predicted octanol–water partition coefficient (Wildman–Crippen LogP) is 0.663. The van der Waals surface area contributed by atoms with E-state index >= 15 is 0 Å². The van der Waals surface area contributed by atoms with Crippen LogP contribution in [0.1, 0.15) is 19.4 Å². The maximum absolute atomic E-state index is 11.9. The average molecular weight is 277 g/mol. The second-order valence-electron chi connectivity index (χ2n) is 4.89. The third kappa shape index (κ3) is 5.40. The molecule has 0 aliphatic carbocycles. The van der Waals surface area contributed by atoms with Crippen LogP contribution in [0.25, 0.3) is 0 Å². The van der Waals surface area contributed by atoms with E-state index in [1.165, 1.54) is 0 Å². The minimum atomic E-state index is -0.537. The summed E-state index contributed by atoms with van der Waals surface area (Å²) in [6.07, 6.45) is 0. The molecule has 0 aliphatic rings. The summed E-state index contributed by atoms with van der Waals surface area (Å²) in [7, 11) is 1.79. The van der Waals surface area contributed by atoms with Gasteiger partial charge in [0.25, 0.3) is 0 Å². The Labute approximate surface area is 120 Å². The summed E-state index contributed by atoms with van der Waals surface area (Å²) in [5.41, 5.74) is 1.03. The number of benzene rings is 1. The summed E-state index contributed by atoms with van der Waals surface area (Å²) in [5.74, 6) is -0.468. The first kappa shape index (κ1) is 16.2. The SMILES string of the molecule is CNCC(C)C(=O)NC(C)C(=O)NCc1ccccc1. The first-order chi connectivity index (χ1) is 9.54. The van der Waals surface area contributed by atoms with Crippen molar-refractivity contribution in [1.82, 2.24) is 16.0 Å². The quantitative estimate of drug-likeness (QED) is 0.686. The molecule has 1 rings (SSSR count). The smallest absolute Gasteiger partial charge is 0.242 e. The molecule has 0 bridgehead atoms. The van der Waals surface area contributed by atoms with Crippen LogP contribution in [0.3, 0.4) is 0 Å². The maximum Gasteiger partial charge on any atom is 0.242 e. The highest BCUT2D eigenvalue weighted by Gasteiger charge is 2.18. The number of nitrogens with one attached hydrogen (secondary N) is 3. The summed E-state index contributed by atoms with van der Waals surface area (Å²) < 4.78 is 0. The number of hydrogen-bond acceptors (Lipinski definition) is 3. The Morgan fingerprint density at radius 2 is 1.75 bits per heavy atom. The zero-order valence-electron chi connectivity index (χ0n) is 12.3. The van der Waals surface area contributed by atoms with E-state index in [-0.39, 0.29) is 17.7 Å². The van der Waals surface area contributed by atoms with Crippen LogP contribution in [0.2, 0.25) is 0 Å². The highest BCUT2D eigenvalue weighted by molar-refractivity contribution is 5.88. The van der Waals surface area contributed by atoms with Gasteiger partial charge >= 0.3 is 0 Å².